The number of hydrogen-bond donors (Lipinski definition) is 5. The molecule has 4 atom stereocenters. The van der Waals surface area contributed by atoms with Gasteiger partial charge in [0.25, 0.3) is 10.0 Å². The molecule has 5 N–H and O–H groups in total. The van der Waals surface area contributed by atoms with Gasteiger partial charge >= 0.3 is 0 Å². The van der Waals surface area contributed by atoms with E-state index in [9.17, 15) is 23.7 Å². The molecule has 1 aromatic rings. The Morgan fingerprint density at radius 3 is 2.14 bits per heavy atom. The molecule has 0 aliphatic carbocycles. The maximum atomic E-state index is 11.9. The number of aliphatic hydroxyl groups is 4. The molecule has 0 amide bonds. The van der Waals surface area contributed by atoms with Gasteiger partial charge in [0, 0.05) is 0 Å². The molecule has 124 valence electrons. The first-order valence-electron chi connectivity index (χ1n) is 6.49. The van der Waals surface area contributed by atoms with Crippen LogP contribution in [0.2, 0.25) is 0 Å². The van der Waals surface area contributed by atoms with E-state index in [1.165, 1.54) is 19.1 Å². The zero-order valence-electron chi connectivity index (χ0n) is 12.2. The minimum atomic E-state index is -3.89. The standard InChI is InChI=1S/C13H20N2O6S/c1-8-3-5-10(6-4-8)22(20,21)15-14-7-11(17)13(19)12(18)9(2)16/h3-7,9,11-13,15-19H,1-2H3/b14-7+/t9-,11+,12+,13-/m0/s1. The topological polar surface area (TPSA) is 139 Å². The quantitative estimate of drug-likeness (QED) is 0.311. The average Bonchev–Trinajstić information content (AvgIpc) is 2.45. The summed E-state index contributed by atoms with van der Waals surface area (Å²) in [6, 6.07) is 6.04. The van der Waals surface area contributed by atoms with E-state index in [1.807, 2.05) is 11.8 Å². The van der Waals surface area contributed by atoms with Crippen LogP contribution in [0.4, 0.5) is 0 Å². The van der Waals surface area contributed by atoms with Gasteiger partial charge in [-0.2, -0.15) is 13.5 Å². The molecule has 0 fully saturated rings. The van der Waals surface area contributed by atoms with Gasteiger partial charge in [-0.05, 0) is 26.0 Å². The van der Waals surface area contributed by atoms with Crippen LogP contribution in [-0.2, 0) is 10.0 Å². The van der Waals surface area contributed by atoms with Crippen molar-refractivity contribution in [3.63, 3.8) is 0 Å². The van der Waals surface area contributed by atoms with E-state index in [0.717, 1.165) is 11.8 Å². The maximum Gasteiger partial charge on any atom is 0.276 e. The molecule has 0 aliphatic heterocycles. The largest absolute Gasteiger partial charge is 0.391 e. The van der Waals surface area contributed by atoms with E-state index in [0.29, 0.717) is 0 Å². The fraction of sp³-hybridized carbons (Fsp3) is 0.462. The number of aliphatic hydroxyl groups excluding tert-OH is 4. The average molecular weight is 332 g/mol. The van der Waals surface area contributed by atoms with Crippen molar-refractivity contribution in [2.75, 3.05) is 0 Å². The molecule has 0 aliphatic rings. The summed E-state index contributed by atoms with van der Waals surface area (Å²) in [5.41, 5.74) is 0.896. The summed E-state index contributed by atoms with van der Waals surface area (Å²) >= 11 is 0. The van der Waals surface area contributed by atoms with Gasteiger partial charge in [0.05, 0.1) is 17.2 Å². The molecular formula is C13H20N2O6S. The summed E-state index contributed by atoms with van der Waals surface area (Å²) in [7, 11) is -3.89. The van der Waals surface area contributed by atoms with Gasteiger partial charge in [0.2, 0.25) is 0 Å². The van der Waals surface area contributed by atoms with Gasteiger partial charge in [0.1, 0.15) is 18.3 Å². The molecule has 9 heteroatoms. The Bertz CT molecular complexity index is 599. The zero-order chi connectivity index (χ0) is 16.9. The van der Waals surface area contributed by atoms with E-state index in [1.54, 1.807) is 12.1 Å². The molecule has 0 radical (unpaired) electrons. The Kier molecular flexibility index (Phi) is 6.45. The number of hydrogen-bond acceptors (Lipinski definition) is 7. The van der Waals surface area contributed by atoms with Crippen LogP contribution in [0.3, 0.4) is 0 Å². The minimum absolute atomic E-state index is 0.00527. The third kappa shape index (κ3) is 5.04. The second kappa shape index (κ2) is 7.65. The van der Waals surface area contributed by atoms with Crippen molar-refractivity contribution in [1.29, 1.82) is 0 Å². The number of sulfonamides is 1. The molecule has 22 heavy (non-hydrogen) atoms. The third-order valence-electron chi connectivity index (χ3n) is 2.93. The fourth-order valence-corrected chi connectivity index (χ4v) is 2.32. The second-order valence-electron chi connectivity index (χ2n) is 4.90. The van der Waals surface area contributed by atoms with Crippen LogP contribution in [0.1, 0.15) is 12.5 Å². The van der Waals surface area contributed by atoms with Crippen LogP contribution >= 0.6 is 0 Å². The van der Waals surface area contributed by atoms with E-state index < -0.39 is 34.4 Å². The Balaban J connectivity index is 2.70. The lowest BCUT2D eigenvalue weighted by molar-refractivity contribution is -0.0821. The minimum Gasteiger partial charge on any atom is -0.391 e. The predicted molar refractivity (Wildman–Crippen MR) is 79.7 cm³/mol. The molecule has 0 aromatic heterocycles. The summed E-state index contributed by atoms with van der Waals surface area (Å²) in [6.45, 7) is 3.05. The Morgan fingerprint density at radius 1 is 1.09 bits per heavy atom. The van der Waals surface area contributed by atoms with Gasteiger partial charge in [-0.3, -0.25) is 0 Å². The van der Waals surface area contributed by atoms with Crippen molar-refractivity contribution in [2.45, 2.75) is 43.2 Å². The molecule has 1 rings (SSSR count). The van der Waals surface area contributed by atoms with Crippen molar-refractivity contribution < 1.29 is 28.8 Å². The van der Waals surface area contributed by atoms with Gasteiger partial charge in [0.15, 0.2) is 0 Å². The van der Waals surface area contributed by atoms with Crippen molar-refractivity contribution in [1.82, 2.24) is 4.83 Å². The van der Waals surface area contributed by atoms with Gasteiger partial charge in [-0.25, -0.2) is 4.83 Å². The molecule has 0 spiro atoms. The Morgan fingerprint density at radius 2 is 1.64 bits per heavy atom. The molecule has 0 heterocycles. The van der Waals surface area contributed by atoms with E-state index >= 15 is 0 Å². The van der Waals surface area contributed by atoms with Crippen molar-refractivity contribution >= 4 is 16.2 Å². The number of aryl methyl sites for hydroxylation is 1. The Labute approximate surface area is 128 Å². The van der Waals surface area contributed by atoms with E-state index in [-0.39, 0.29) is 4.90 Å². The second-order valence-corrected chi connectivity index (χ2v) is 6.56. The van der Waals surface area contributed by atoms with Crippen LogP contribution in [-0.4, -0.2) is 59.5 Å². The lowest BCUT2D eigenvalue weighted by atomic mass is 10.1. The monoisotopic (exact) mass is 332 g/mol. The SMILES string of the molecule is Cc1ccc(S(=O)(=O)N/N=C/[C@@H](O)[C@H](O)[C@H](O)[C@H](C)O)cc1. The number of rotatable bonds is 7. The molecule has 0 unspecified atom stereocenters. The highest BCUT2D eigenvalue weighted by Crippen LogP contribution is 2.09. The zero-order valence-corrected chi connectivity index (χ0v) is 13.0. The summed E-state index contributed by atoms with van der Waals surface area (Å²) in [5.74, 6) is 0. The smallest absolute Gasteiger partial charge is 0.276 e. The van der Waals surface area contributed by atoms with Gasteiger partial charge < -0.3 is 20.4 Å². The van der Waals surface area contributed by atoms with Crippen molar-refractivity contribution in [2.24, 2.45) is 5.10 Å². The first kappa shape index (κ1) is 18.5. The maximum absolute atomic E-state index is 11.9. The fourth-order valence-electron chi connectivity index (χ4n) is 1.52. The van der Waals surface area contributed by atoms with Crippen LogP contribution in [0.5, 0.6) is 0 Å². The lowest BCUT2D eigenvalue weighted by Gasteiger charge is -2.22. The summed E-state index contributed by atoms with van der Waals surface area (Å²) in [5, 5.41) is 40.8. The van der Waals surface area contributed by atoms with Crippen LogP contribution in [0, 0.1) is 6.92 Å². The van der Waals surface area contributed by atoms with Crippen molar-refractivity contribution in [3.05, 3.63) is 29.8 Å². The normalized spacial score (nSPS) is 17.9. The first-order valence-corrected chi connectivity index (χ1v) is 7.97. The van der Waals surface area contributed by atoms with Gasteiger partial charge in [-0.1, -0.05) is 17.7 Å². The highest BCUT2D eigenvalue weighted by Gasteiger charge is 2.27. The highest BCUT2D eigenvalue weighted by molar-refractivity contribution is 7.89. The number of nitrogens with one attached hydrogen (secondary N) is 1. The van der Waals surface area contributed by atoms with Gasteiger partial charge in [-0.15, -0.1) is 0 Å². The molecular weight excluding hydrogens is 312 g/mol. The van der Waals surface area contributed by atoms with Crippen LogP contribution in [0.15, 0.2) is 34.3 Å². The van der Waals surface area contributed by atoms with E-state index in [2.05, 4.69) is 5.10 Å². The molecule has 1 aromatic carbocycles. The predicted octanol–water partition coefficient (Wildman–Crippen LogP) is -1.28. The van der Waals surface area contributed by atoms with Crippen LogP contribution in [0.25, 0.3) is 0 Å². The van der Waals surface area contributed by atoms with E-state index in [4.69, 9.17) is 5.11 Å². The number of hydrazone groups is 1. The lowest BCUT2D eigenvalue weighted by Crippen LogP contribution is -2.44. The molecule has 8 nitrogen and oxygen atoms in total. The molecule has 0 saturated carbocycles. The number of benzene rings is 1. The summed E-state index contributed by atoms with van der Waals surface area (Å²) < 4.78 is 23.8. The third-order valence-corrected chi connectivity index (χ3v) is 4.16. The Hall–Kier alpha value is -1.52. The first-order chi connectivity index (χ1) is 10.1. The highest BCUT2D eigenvalue weighted by atomic mass is 32.2. The molecule has 0 bridgehead atoms. The van der Waals surface area contributed by atoms with Crippen LogP contribution < -0.4 is 4.83 Å². The summed E-state index contributed by atoms with van der Waals surface area (Å²) in [6.07, 6.45) is -5.47. The van der Waals surface area contributed by atoms with Crippen molar-refractivity contribution in [3.8, 4) is 0 Å². The summed E-state index contributed by atoms with van der Waals surface area (Å²) in [4.78, 5) is 1.87. The number of nitrogens with zero attached hydrogens (tertiary/aromatic N) is 1. The molecule has 0 saturated heterocycles.